The highest BCUT2D eigenvalue weighted by Crippen LogP contribution is 2.13. The number of aliphatic hydroxyl groups excluding tert-OH is 1. The van der Waals surface area contributed by atoms with Crippen molar-refractivity contribution in [2.75, 3.05) is 13.2 Å². The molecule has 0 radical (unpaired) electrons. The Labute approximate surface area is 78.3 Å². The molecule has 4 heteroatoms. The smallest absolute Gasteiger partial charge is 0.323 e. The Morgan fingerprint density at radius 3 is 3.00 bits per heavy atom. The number of aliphatic hydroxyl groups is 1. The van der Waals surface area contributed by atoms with Crippen LogP contribution in [-0.4, -0.2) is 36.4 Å². The van der Waals surface area contributed by atoms with Crippen molar-refractivity contribution in [3.05, 3.63) is 0 Å². The maximum Gasteiger partial charge on any atom is 0.323 e. The number of nitrogens with one attached hydrogen (secondary N) is 1. The van der Waals surface area contributed by atoms with Crippen molar-refractivity contribution in [3.8, 4) is 0 Å². The fraction of sp³-hybridized carbons (Fsp3) is 0.889. The van der Waals surface area contributed by atoms with Gasteiger partial charge >= 0.3 is 5.97 Å². The summed E-state index contributed by atoms with van der Waals surface area (Å²) in [5.74, 6) is -0.194. The molecule has 0 saturated carbocycles. The van der Waals surface area contributed by atoms with Crippen LogP contribution in [-0.2, 0) is 9.53 Å². The van der Waals surface area contributed by atoms with Crippen LogP contribution in [0.5, 0.6) is 0 Å². The van der Waals surface area contributed by atoms with Gasteiger partial charge in [-0.2, -0.15) is 0 Å². The third-order valence-electron chi connectivity index (χ3n) is 2.27. The number of esters is 1. The average Bonchev–Trinajstić information content (AvgIpc) is 2.18. The lowest BCUT2D eigenvalue weighted by Crippen LogP contribution is -2.48. The van der Waals surface area contributed by atoms with E-state index in [4.69, 9.17) is 9.84 Å². The van der Waals surface area contributed by atoms with Gasteiger partial charge in [0.25, 0.3) is 0 Å². The van der Waals surface area contributed by atoms with Crippen LogP contribution in [0, 0.1) is 0 Å². The van der Waals surface area contributed by atoms with Crippen LogP contribution in [0.1, 0.15) is 26.2 Å². The maximum atomic E-state index is 11.3. The van der Waals surface area contributed by atoms with E-state index in [1.807, 2.05) is 0 Å². The van der Waals surface area contributed by atoms with Gasteiger partial charge in [0.15, 0.2) is 0 Å². The van der Waals surface area contributed by atoms with Crippen LogP contribution in [0.3, 0.4) is 0 Å². The molecule has 1 rings (SSSR count). The zero-order valence-electron chi connectivity index (χ0n) is 7.95. The summed E-state index contributed by atoms with van der Waals surface area (Å²) in [6.45, 7) is 2.31. The van der Waals surface area contributed by atoms with Crippen LogP contribution in [0.25, 0.3) is 0 Å². The highest BCUT2D eigenvalue weighted by atomic mass is 16.5. The van der Waals surface area contributed by atoms with E-state index >= 15 is 0 Å². The minimum atomic E-state index is -0.217. The Bertz CT molecular complexity index is 172. The lowest BCUT2D eigenvalue weighted by molar-refractivity contribution is -0.146. The maximum absolute atomic E-state index is 11.3. The van der Waals surface area contributed by atoms with Gasteiger partial charge in [0.1, 0.15) is 6.04 Å². The zero-order valence-corrected chi connectivity index (χ0v) is 7.95. The van der Waals surface area contributed by atoms with E-state index in [0.29, 0.717) is 6.61 Å². The van der Waals surface area contributed by atoms with Gasteiger partial charge in [-0.3, -0.25) is 10.1 Å². The molecule has 2 N–H and O–H groups in total. The molecule has 0 bridgehead atoms. The van der Waals surface area contributed by atoms with E-state index in [2.05, 4.69) is 5.32 Å². The average molecular weight is 187 g/mol. The van der Waals surface area contributed by atoms with Crippen LogP contribution in [0.4, 0.5) is 0 Å². The third-order valence-corrected chi connectivity index (χ3v) is 2.27. The molecule has 2 atom stereocenters. The standard InChI is InChI=1S/C9H17NO3/c1-2-13-9(12)8-5-3-4-7(6-11)10-8/h7-8,10-11H,2-6H2,1H3/t7-,8+/m0/s1. The third kappa shape index (κ3) is 2.97. The molecule has 0 aromatic rings. The number of carbonyl (C=O) groups excluding carboxylic acids is 1. The van der Waals surface area contributed by atoms with E-state index < -0.39 is 0 Å². The van der Waals surface area contributed by atoms with Crippen molar-refractivity contribution in [2.24, 2.45) is 0 Å². The summed E-state index contributed by atoms with van der Waals surface area (Å²) in [4.78, 5) is 11.3. The Morgan fingerprint density at radius 1 is 1.62 bits per heavy atom. The number of ether oxygens (including phenoxy) is 1. The van der Waals surface area contributed by atoms with Gasteiger partial charge in [0.05, 0.1) is 13.2 Å². The van der Waals surface area contributed by atoms with Crippen molar-refractivity contribution in [3.63, 3.8) is 0 Å². The van der Waals surface area contributed by atoms with Gasteiger partial charge in [-0.25, -0.2) is 0 Å². The molecular weight excluding hydrogens is 170 g/mol. The van der Waals surface area contributed by atoms with Crippen LogP contribution in [0.15, 0.2) is 0 Å². The first kappa shape index (κ1) is 10.5. The molecule has 0 unspecified atom stereocenters. The second-order valence-electron chi connectivity index (χ2n) is 3.28. The molecule has 1 heterocycles. The van der Waals surface area contributed by atoms with Gasteiger partial charge in [-0.15, -0.1) is 0 Å². The summed E-state index contributed by atoms with van der Waals surface area (Å²) < 4.78 is 4.89. The van der Waals surface area contributed by atoms with Gasteiger partial charge in [-0.05, 0) is 26.2 Å². The van der Waals surface area contributed by atoms with E-state index in [-0.39, 0.29) is 24.7 Å². The second kappa shape index (κ2) is 5.19. The lowest BCUT2D eigenvalue weighted by atomic mass is 9.99. The molecule has 76 valence electrons. The zero-order chi connectivity index (χ0) is 9.68. The van der Waals surface area contributed by atoms with Gasteiger partial charge in [0, 0.05) is 6.04 Å². The van der Waals surface area contributed by atoms with Gasteiger partial charge in [0.2, 0.25) is 0 Å². The van der Waals surface area contributed by atoms with Crippen molar-refractivity contribution < 1.29 is 14.6 Å². The van der Waals surface area contributed by atoms with Gasteiger partial charge in [-0.1, -0.05) is 0 Å². The van der Waals surface area contributed by atoms with E-state index in [1.165, 1.54) is 0 Å². The van der Waals surface area contributed by atoms with Crippen molar-refractivity contribution in [1.82, 2.24) is 5.32 Å². The minimum absolute atomic E-state index is 0.0585. The van der Waals surface area contributed by atoms with E-state index in [0.717, 1.165) is 19.3 Å². The summed E-state index contributed by atoms with van der Waals surface area (Å²) >= 11 is 0. The van der Waals surface area contributed by atoms with Gasteiger partial charge < -0.3 is 9.84 Å². The molecule has 1 aliphatic heterocycles. The molecule has 0 aromatic carbocycles. The number of piperidine rings is 1. The monoisotopic (exact) mass is 187 g/mol. The van der Waals surface area contributed by atoms with Crippen LogP contribution >= 0.6 is 0 Å². The second-order valence-corrected chi connectivity index (χ2v) is 3.28. The summed E-state index contributed by atoms with van der Waals surface area (Å²) in [6, 6.07) is -0.158. The topological polar surface area (TPSA) is 58.6 Å². The molecule has 1 saturated heterocycles. The van der Waals surface area contributed by atoms with Crippen molar-refractivity contribution >= 4 is 5.97 Å². The lowest BCUT2D eigenvalue weighted by Gasteiger charge is -2.28. The number of carbonyl (C=O) groups is 1. The largest absolute Gasteiger partial charge is 0.465 e. The molecule has 0 aromatic heterocycles. The Balaban J connectivity index is 2.37. The number of hydrogen-bond acceptors (Lipinski definition) is 4. The highest BCUT2D eigenvalue weighted by molar-refractivity contribution is 5.75. The predicted octanol–water partition coefficient (Wildman–Crippen LogP) is 0.0525. The molecule has 13 heavy (non-hydrogen) atoms. The molecular formula is C9H17NO3. The summed E-state index contributed by atoms with van der Waals surface area (Å²) in [5.41, 5.74) is 0. The van der Waals surface area contributed by atoms with E-state index in [1.54, 1.807) is 6.92 Å². The first-order valence-corrected chi connectivity index (χ1v) is 4.81. The SMILES string of the molecule is CCOC(=O)[C@H]1CCC[C@@H](CO)N1. The number of rotatable bonds is 3. The quantitative estimate of drug-likeness (QED) is 0.613. The molecule has 0 aliphatic carbocycles. The summed E-state index contributed by atoms with van der Waals surface area (Å²) in [5, 5.41) is 12.0. The fourth-order valence-electron chi connectivity index (χ4n) is 1.59. The van der Waals surface area contributed by atoms with Crippen molar-refractivity contribution in [2.45, 2.75) is 38.3 Å². The highest BCUT2D eigenvalue weighted by Gasteiger charge is 2.26. The Kier molecular flexibility index (Phi) is 4.18. The number of hydrogen-bond donors (Lipinski definition) is 2. The Morgan fingerprint density at radius 2 is 2.38 bits per heavy atom. The summed E-state index contributed by atoms with van der Waals surface area (Å²) in [7, 11) is 0. The minimum Gasteiger partial charge on any atom is -0.465 e. The van der Waals surface area contributed by atoms with E-state index in [9.17, 15) is 4.79 Å². The normalized spacial score (nSPS) is 28.5. The molecule has 1 aliphatic rings. The Hall–Kier alpha value is -0.610. The first-order valence-electron chi connectivity index (χ1n) is 4.81. The molecule has 1 fully saturated rings. The van der Waals surface area contributed by atoms with Crippen molar-refractivity contribution in [1.29, 1.82) is 0 Å². The molecule has 0 amide bonds. The van der Waals surface area contributed by atoms with Crippen LogP contribution < -0.4 is 5.32 Å². The van der Waals surface area contributed by atoms with Crippen LogP contribution in [0.2, 0.25) is 0 Å². The first-order chi connectivity index (χ1) is 6.27. The predicted molar refractivity (Wildman–Crippen MR) is 48.3 cm³/mol. The fourth-order valence-corrected chi connectivity index (χ4v) is 1.59. The molecule has 0 spiro atoms. The molecule has 4 nitrogen and oxygen atoms in total. The summed E-state index contributed by atoms with van der Waals surface area (Å²) in [6.07, 6.45) is 2.73.